The van der Waals surface area contributed by atoms with Crippen LogP contribution in [-0.4, -0.2) is 21.8 Å². The van der Waals surface area contributed by atoms with E-state index in [1.165, 1.54) is 0 Å². The maximum absolute atomic E-state index is 12.2. The first-order valence-corrected chi connectivity index (χ1v) is 8.77. The molecule has 26 heavy (non-hydrogen) atoms. The van der Waals surface area contributed by atoms with Crippen LogP contribution in [0.2, 0.25) is 10.0 Å². The predicted molar refractivity (Wildman–Crippen MR) is 102 cm³/mol. The predicted octanol–water partition coefficient (Wildman–Crippen LogP) is 4.26. The smallest absolute Gasteiger partial charge is 0.261 e. The molecule has 0 saturated carbocycles. The number of aromatic nitrogens is 2. The molecule has 1 aromatic heterocycles. The number of carbonyl (C=O) groups is 1. The van der Waals surface area contributed by atoms with E-state index in [0.717, 1.165) is 11.3 Å². The number of ether oxygens (including phenoxy) is 1. The highest BCUT2D eigenvalue weighted by Crippen LogP contribution is 2.28. The monoisotopic (exact) mass is 389 g/mol. The van der Waals surface area contributed by atoms with Crippen molar-refractivity contribution in [3.05, 3.63) is 76.5 Å². The number of nitrogens with one attached hydrogen (secondary N) is 1. The van der Waals surface area contributed by atoms with Crippen molar-refractivity contribution >= 4 is 29.1 Å². The normalized spacial score (nSPS) is 11.8. The maximum atomic E-state index is 12.2. The van der Waals surface area contributed by atoms with Gasteiger partial charge in [0.25, 0.3) is 5.91 Å². The van der Waals surface area contributed by atoms with Crippen molar-refractivity contribution in [2.24, 2.45) is 0 Å². The van der Waals surface area contributed by atoms with Gasteiger partial charge in [-0.1, -0.05) is 41.4 Å². The summed E-state index contributed by atoms with van der Waals surface area (Å²) in [6, 6.07) is 14.6. The summed E-state index contributed by atoms with van der Waals surface area (Å²) >= 11 is 11.9. The van der Waals surface area contributed by atoms with Crippen LogP contribution in [0.4, 0.5) is 0 Å². The lowest BCUT2D eigenvalue weighted by molar-refractivity contribution is -0.127. The van der Waals surface area contributed by atoms with E-state index in [4.69, 9.17) is 27.9 Å². The molecule has 1 N–H and O–H groups in total. The van der Waals surface area contributed by atoms with Gasteiger partial charge < -0.3 is 10.1 Å². The number of rotatable bonds is 6. The molecule has 1 amide bonds. The molecule has 134 valence electrons. The quantitative estimate of drug-likeness (QED) is 0.684. The number of carbonyl (C=O) groups excluding carboxylic acids is 1. The molecule has 0 bridgehead atoms. The molecular formula is C19H17Cl2N3O2. The zero-order valence-corrected chi connectivity index (χ0v) is 15.5. The third kappa shape index (κ3) is 4.56. The van der Waals surface area contributed by atoms with Crippen molar-refractivity contribution < 1.29 is 9.53 Å². The van der Waals surface area contributed by atoms with Crippen molar-refractivity contribution in [1.82, 2.24) is 15.1 Å². The van der Waals surface area contributed by atoms with Crippen LogP contribution in [0.5, 0.6) is 5.75 Å². The molecule has 0 fully saturated rings. The standard InChI is InChI=1S/C19H17Cl2N3O2/c1-13(26-18-8-7-15(20)9-17(18)21)19(25)22-10-14-11-23-24(12-14)16-5-3-2-4-6-16/h2-9,11-13H,10H2,1H3,(H,22,25)/t13-/m0/s1. The Morgan fingerprint density at radius 2 is 2.00 bits per heavy atom. The molecule has 0 unspecified atom stereocenters. The van der Waals surface area contributed by atoms with Crippen LogP contribution >= 0.6 is 23.2 Å². The van der Waals surface area contributed by atoms with E-state index in [1.807, 2.05) is 36.5 Å². The van der Waals surface area contributed by atoms with Gasteiger partial charge in [0, 0.05) is 23.3 Å². The molecule has 1 heterocycles. The Labute approximate surface area is 161 Å². The summed E-state index contributed by atoms with van der Waals surface area (Å²) in [6.45, 7) is 2.02. The average molecular weight is 390 g/mol. The highest BCUT2D eigenvalue weighted by molar-refractivity contribution is 6.35. The van der Waals surface area contributed by atoms with Crippen LogP contribution in [-0.2, 0) is 11.3 Å². The average Bonchev–Trinajstić information content (AvgIpc) is 3.11. The van der Waals surface area contributed by atoms with Gasteiger partial charge in [-0.05, 0) is 37.3 Å². The SMILES string of the molecule is C[C@H](Oc1ccc(Cl)cc1Cl)C(=O)NCc1cnn(-c2ccccc2)c1. The van der Waals surface area contributed by atoms with E-state index in [-0.39, 0.29) is 5.91 Å². The van der Waals surface area contributed by atoms with E-state index < -0.39 is 6.10 Å². The summed E-state index contributed by atoms with van der Waals surface area (Å²) in [5.74, 6) is 0.166. The lowest BCUT2D eigenvalue weighted by Crippen LogP contribution is -2.35. The van der Waals surface area contributed by atoms with Gasteiger partial charge in [0.15, 0.2) is 6.10 Å². The lowest BCUT2D eigenvalue weighted by Gasteiger charge is -2.15. The molecular weight excluding hydrogens is 373 g/mol. The summed E-state index contributed by atoms with van der Waals surface area (Å²) in [5.41, 5.74) is 1.85. The number of benzene rings is 2. The molecule has 0 aliphatic carbocycles. The third-order valence-electron chi connectivity index (χ3n) is 3.69. The molecule has 5 nitrogen and oxygen atoms in total. The Morgan fingerprint density at radius 1 is 1.23 bits per heavy atom. The van der Waals surface area contributed by atoms with Crippen molar-refractivity contribution in [1.29, 1.82) is 0 Å². The van der Waals surface area contributed by atoms with Gasteiger partial charge in [0.2, 0.25) is 0 Å². The van der Waals surface area contributed by atoms with Gasteiger partial charge >= 0.3 is 0 Å². The van der Waals surface area contributed by atoms with E-state index in [0.29, 0.717) is 22.3 Å². The number of hydrogen-bond acceptors (Lipinski definition) is 3. The summed E-state index contributed by atoms with van der Waals surface area (Å²) in [4.78, 5) is 12.2. The maximum Gasteiger partial charge on any atom is 0.261 e. The molecule has 3 aromatic rings. The van der Waals surface area contributed by atoms with E-state index >= 15 is 0 Å². The first-order chi connectivity index (χ1) is 12.5. The third-order valence-corrected chi connectivity index (χ3v) is 4.22. The van der Waals surface area contributed by atoms with Gasteiger partial charge in [-0.2, -0.15) is 5.10 Å². The van der Waals surface area contributed by atoms with Gasteiger partial charge in [-0.3, -0.25) is 4.79 Å². The molecule has 3 rings (SSSR count). The molecule has 0 aliphatic rings. The van der Waals surface area contributed by atoms with Crippen LogP contribution in [0.15, 0.2) is 60.9 Å². The number of para-hydroxylation sites is 1. The van der Waals surface area contributed by atoms with Crippen LogP contribution in [0.25, 0.3) is 5.69 Å². The Hall–Kier alpha value is -2.50. The van der Waals surface area contributed by atoms with Crippen molar-refractivity contribution in [2.75, 3.05) is 0 Å². The second-order valence-corrected chi connectivity index (χ2v) is 6.52. The number of halogens is 2. The van der Waals surface area contributed by atoms with Crippen LogP contribution in [0.3, 0.4) is 0 Å². The summed E-state index contributed by atoms with van der Waals surface area (Å²) < 4.78 is 7.36. The minimum atomic E-state index is -0.696. The van der Waals surface area contributed by atoms with Gasteiger partial charge in [-0.25, -0.2) is 4.68 Å². The van der Waals surface area contributed by atoms with Gasteiger partial charge in [0.05, 0.1) is 16.9 Å². The fourth-order valence-corrected chi connectivity index (χ4v) is 2.77. The second kappa shape index (κ2) is 8.25. The van der Waals surface area contributed by atoms with Gasteiger partial charge in [0.1, 0.15) is 5.75 Å². The van der Waals surface area contributed by atoms with Crippen LogP contribution in [0, 0.1) is 0 Å². The molecule has 0 aliphatic heterocycles. The zero-order chi connectivity index (χ0) is 18.5. The van der Waals surface area contributed by atoms with Crippen molar-refractivity contribution in [3.63, 3.8) is 0 Å². The summed E-state index contributed by atoms with van der Waals surface area (Å²) in [7, 11) is 0. The van der Waals surface area contributed by atoms with Crippen molar-refractivity contribution in [3.8, 4) is 11.4 Å². The summed E-state index contributed by atoms with van der Waals surface area (Å²) in [6.07, 6.45) is 2.89. The Bertz CT molecular complexity index is 897. The fraction of sp³-hybridized carbons (Fsp3) is 0.158. The van der Waals surface area contributed by atoms with E-state index in [9.17, 15) is 4.79 Å². The largest absolute Gasteiger partial charge is 0.479 e. The Kier molecular flexibility index (Phi) is 5.81. The minimum Gasteiger partial charge on any atom is -0.479 e. The number of nitrogens with zero attached hydrogens (tertiary/aromatic N) is 2. The number of hydrogen-bond donors (Lipinski definition) is 1. The summed E-state index contributed by atoms with van der Waals surface area (Å²) in [5, 5.41) is 8.00. The van der Waals surface area contributed by atoms with Crippen LogP contribution in [0.1, 0.15) is 12.5 Å². The number of amides is 1. The fourth-order valence-electron chi connectivity index (χ4n) is 2.32. The highest BCUT2D eigenvalue weighted by Gasteiger charge is 2.16. The molecule has 0 radical (unpaired) electrons. The van der Waals surface area contributed by atoms with Gasteiger partial charge in [-0.15, -0.1) is 0 Å². The Morgan fingerprint density at radius 3 is 2.73 bits per heavy atom. The first kappa shape index (κ1) is 18.3. The zero-order valence-electron chi connectivity index (χ0n) is 14.0. The van der Waals surface area contributed by atoms with Crippen LogP contribution < -0.4 is 10.1 Å². The minimum absolute atomic E-state index is 0.247. The topological polar surface area (TPSA) is 56.1 Å². The first-order valence-electron chi connectivity index (χ1n) is 8.01. The second-order valence-electron chi connectivity index (χ2n) is 5.68. The lowest BCUT2D eigenvalue weighted by atomic mass is 10.3. The van der Waals surface area contributed by atoms with E-state index in [1.54, 1.807) is 36.0 Å². The molecule has 0 spiro atoms. The Balaban J connectivity index is 1.56. The molecule has 1 atom stereocenters. The van der Waals surface area contributed by atoms with E-state index in [2.05, 4.69) is 10.4 Å². The van der Waals surface area contributed by atoms with Crippen molar-refractivity contribution in [2.45, 2.75) is 19.6 Å². The molecule has 7 heteroatoms. The molecule has 0 saturated heterocycles. The highest BCUT2D eigenvalue weighted by atomic mass is 35.5. The molecule has 2 aromatic carbocycles.